The third kappa shape index (κ3) is 3.27. The van der Waals surface area contributed by atoms with E-state index in [2.05, 4.69) is 16.0 Å². The average molecular weight is 233 g/mol. The van der Waals surface area contributed by atoms with Gasteiger partial charge in [-0.1, -0.05) is 13.0 Å². The van der Waals surface area contributed by atoms with Crippen molar-refractivity contribution in [3.63, 3.8) is 0 Å². The fourth-order valence-corrected chi connectivity index (χ4v) is 2.13. The average Bonchev–Trinajstić information content (AvgIpc) is 2.40. The molecule has 2 rings (SSSR count). The molecule has 0 aromatic carbocycles. The van der Waals surface area contributed by atoms with E-state index in [1.807, 2.05) is 24.1 Å². The third-order valence-corrected chi connectivity index (χ3v) is 3.16. The van der Waals surface area contributed by atoms with Crippen LogP contribution in [0.5, 0.6) is 0 Å². The van der Waals surface area contributed by atoms with Gasteiger partial charge in [-0.05, 0) is 11.6 Å². The summed E-state index contributed by atoms with van der Waals surface area (Å²) in [7, 11) is 0. The summed E-state index contributed by atoms with van der Waals surface area (Å²) in [4.78, 5) is 20.0. The number of nitrogens with zero attached hydrogens (tertiary/aromatic N) is 3. The molecule has 0 bridgehead atoms. The molecule has 2 heterocycles. The maximum atomic E-state index is 11.5. The van der Waals surface area contributed by atoms with E-state index in [4.69, 9.17) is 0 Å². The second-order valence-electron chi connectivity index (χ2n) is 4.37. The van der Waals surface area contributed by atoms with Crippen molar-refractivity contribution < 1.29 is 4.79 Å². The molecule has 0 atom stereocenters. The van der Waals surface area contributed by atoms with Gasteiger partial charge in [-0.2, -0.15) is 0 Å². The number of hydrogen-bond acceptors (Lipinski definition) is 3. The summed E-state index contributed by atoms with van der Waals surface area (Å²) in [6, 6.07) is 4.06. The maximum absolute atomic E-state index is 11.5. The Morgan fingerprint density at radius 3 is 2.71 bits per heavy atom. The van der Waals surface area contributed by atoms with Crippen LogP contribution in [0.1, 0.15) is 18.9 Å². The quantitative estimate of drug-likeness (QED) is 0.785. The Kier molecular flexibility index (Phi) is 4.09. The first kappa shape index (κ1) is 12.0. The molecular formula is C13H19N3O. The Hall–Kier alpha value is -1.42. The molecule has 92 valence electrons. The molecular weight excluding hydrogens is 214 g/mol. The summed E-state index contributed by atoms with van der Waals surface area (Å²) >= 11 is 0. The second-order valence-corrected chi connectivity index (χ2v) is 4.37. The first-order valence-electron chi connectivity index (χ1n) is 6.18. The molecule has 1 aliphatic rings. The Morgan fingerprint density at radius 2 is 2.12 bits per heavy atom. The van der Waals surface area contributed by atoms with Gasteiger partial charge < -0.3 is 4.90 Å². The van der Waals surface area contributed by atoms with E-state index in [-0.39, 0.29) is 5.91 Å². The van der Waals surface area contributed by atoms with Gasteiger partial charge in [0.15, 0.2) is 0 Å². The van der Waals surface area contributed by atoms with E-state index in [1.165, 1.54) is 5.56 Å². The summed E-state index contributed by atoms with van der Waals surface area (Å²) in [5.41, 5.74) is 1.24. The van der Waals surface area contributed by atoms with E-state index < -0.39 is 0 Å². The van der Waals surface area contributed by atoms with Crippen LogP contribution in [0.15, 0.2) is 24.5 Å². The van der Waals surface area contributed by atoms with Gasteiger partial charge in [-0.15, -0.1) is 0 Å². The predicted octanol–water partition coefficient (Wildman–Crippen LogP) is 1.14. The highest BCUT2D eigenvalue weighted by Gasteiger charge is 2.19. The molecule has 4 nitrogen and oxygen atoms in total. The molecule has 1 aromatic heterocycles. The van der Waals surface area contributed by atoms with Gasteiger partial charge in [0.1, 0.15) is 0 Å². The molecule has 17 heavy (non-hydrogen) atoms. The van der Waals surface area contributed by atoms with Gasteiger partial charge in [-0.25, -0.2) is 0 Å². The number of piperazine rings is 1. The normalized spacial score (nSPS) is 17.1. The van der Waals surface area contributed by atoms with Gasteiger partial charge in [-0.3, -0.25) is 14.7 Å². The Morgan fingerprint density at radius 1 is 1.35 bits per heavy atom. The van der Waals surface area contributed by atoms with Crippen molar-refractivity contribution in [2.45, 2.75) is 19.9 Å². The zero-order chi connectivity index (χ0) is 12.1. The fraction of sp³-hybridized carbons (Fsp3) is 0.538. The second kappa shape index (κ2) is 5.77. The van der Waals surface area contributed by atoms with E-state index in [9.17, 15) is 4.79 Å². The monoisotopic (exact) mass is 233 g/mol. The smallest absolute Gasteiger partial charge is 0.222 e. The third-order valence-electron chi connectivity index (χ3n) is 3.16. The number of pyridine rings is 1. The Labute approximate surface area is 102 Å². The van der Waals surface area contributed by atoms with Crippen LogP contribution < -0.4 is 0 Å². The van der Waals surface area contributed by atoms with Crippen LogP contribution in [0.25, 0.3) is 0 Å². The number of carbonyl (C=O) groups is 1. The van der Waals surface area contributed by atoms with Crippen molar-refractivity contribution >= 4 is 5.91 Å². The minimum Gasteiger partial charge on any atom is -0.340 e. The lowest BCUT2D eigenvalue weighted by molar-refractivity contribution is -0.132. The van der Waals surface area contributed by atoms with Crippen LogP contribution in [-0.2, 0) is 11.3 Å². The van der Waals surface area contributed by atoms with Crippen LogP contribution in [0.3, 0.4) is 0 Å². The molecule has 0 N–H and O–H groups in total. The number of amides is 1. The molecule has 4 heteroatoms. The highest BCUT2D eigenvalue weighted by atomic mass is 16.2. The maximum Gasteiger partial charge on any atom is 0.222 e. The zero-order valence-corrected chi connectivity index (χ0v) is 10.3. The van der Waals surface area contributed by atoms with Crippen LogP contribution >= 0.6 is 0 Å². The zero-order valence-electron chi connectivity index (χ0n) is 10.3. The predicted molar refractivity (Wildman–Crippen MR) is 66.4 cm³/mol. The van der Waals surface area contributed by atoms with Crippen molar-refractivity contribution in [2.75, 3.05) is 26.2 Å². The van der Waals surface area contributed by atoms with Gasteiger partial charge in [0.05, 0.1) is 0 Å². The van der Waals surface area contributed by atoms with E-state index in [0.29, 0.717) is 6.42 Å². The molecule has 1 saturated heterocycles. The van der Waals surface area contributed by atoms with Crippen LogP contribution in [0, 0.1) is 0 Å². The Balaban J connectivity index is 1.82. The SMILES string of the molecule is CCC(=O)N1CCN(Cc2cccnc2)CC1. The first-order valence-corrected chi connectivity index (χ1v) is 6.18. The van der Waals surface area contributed by atoms with Crippen molar-refractivity contribution in [2.24, 2.45) is 0 Å². The number of aromatic nitrogens is 1. The van der Waals surface area contributed by atoms with Gasteiger partial charge in [0, 0.05) is 51.5 Å². The molecule has 0 unspecified atom stereocenters. The molecule has 0 radical (unpaired) electrons. The van der Waals surface area contributed by atoms with Crippen molar-refractivity contribution in [1.82, 2.24) is 14.8 Å². The largest absolute Gasteiger partial charge is 0.340 e. The minimum atomic E-state index is 0.269. The number of hydrogen-bond donors (Lipinski definition) is 0. The lowest BCUT2D eigenvalue weighted by atomic mass is 10.2. The lowest BCUT2D eigenvalue weighted by Gasteiger charge is -2.34. The fourth-order valence-electron chi connectivity index (χ4n) is 2.13. The van der Waals surface area contributed by atoms with Gasteiger partial charge in [0.2, 0.25) is 5.91 Å². The molecule has 0 spiro atoms. The summed E-state index contributed by atoms with van der Waals surface area (Å²) in [5, 5.41) is 0. The van der Waals surface area contributed by atoms with Crippen molar-refractivity contribution in [3.05, 3.63) is 30.1 Å². The highest BCUT2D eigenvalue weighted by Crippen LogP contribution is 2.08. The van der Waals surface area contributed by atoms with Gasteiger partial charge in [0.25, 0.3) is 0 Å². The number of carbonyl (C=O) groups excluding carboxylic acids is 1. The minimum absolute atomic E-state index is 0.269. The lowest BCUT2D eigenvalue weighted by Crippen LogP contribution is -2.48. The van der Waals surface area contributed by atoms with Gasteiger partial charge >= 0.3 is 0 Å². The topological polar surface area (TPSA) is 36.4 Å². The molecule has 0 saturated carbocycles. The summed E-state index contributed by atoms with van der Waals surface area (Å²) in [6.07, 6.45) is 4.31. The first-order chi connectivity index (χ1) is 8.29. The van der Waals surface area contributed by atoms with E-state index >= 15 is 0 Å². The summed E-state index contributed by atoms with van der Waals surface area (Å²) in [6.45, 7) is 6.48. The molecule has 1 amide bonds. The summed E-state index contributed by atoms with van der Waals surface area (Å²) in [5.74, 6) is 0.269. The van der Waals surface area contributed by atoms with Crippen molar-refractivity contribution in [3.8, 4) is 0 Å². The van der Waals surface area contributed by atoms with Crippen LogP contribution in [0.2, 0.25) is 0 Å². The standard InChI is InChI=1S/C13H19N3O/c1-2-13(17)16-8-6-15(7-9-16)11-12-4-3-5-14-10-12/h3-5,10H,2,6-9,11H2,1H3. The molecule has 0 aliphatic carbocycles. The highest BCUT2D eigenvalue weighted by molar-refractivity contribution is 5.75. The Bertz CT molecular complexity index is 358. The molecule has 1 fully saturated rings. The van der Waals surface area contributed by atoms with E-state index in [1.54, 1.807) is 6.20 Å². The van der Waals surface area contributed by atoms with Crippen LogP contribution in [0.4, 0.5) is 0 Å². The van der Waals surface area contributed by atoms with Crippen LogP contribution in [-0.4, -0.2) is 46.9 Å². The van der Waals surface area contributed by atoms with E-state index in [0.717, 1.165) is 32.7 Å². The van der Waals surface area contributed by atoms with Crippen molar-refractivity contribution in [1.29, 1.82) is 0 Å². The molecule has 1 aromatic rings. The number of rotatable bonds is 3. The summed E-state index contributed by atoms with van der Waals surface area (Å²) < 4.78 is 0. The molecule has 1 aliphatic heterocycles.